The maximum atomic E-state index is 12.5. The van der Waals surface area contributed by atoms with Crippen molar-refractivity contribution < 1.29 is 29.3 Å². The number of esters is 2. The number of unbranched alkanes of at least 4 members (excludes halogenated alkanes) is 20. The van der Waals surface area contributed by atoms with E-state index >= 15 is 0 Å². The minimum absolute atomic E-state index is 0.168. The molecule has 2 aromatic carbocycles. The Bertz CT molecular complexity index is 1200. The van der Waals surface area contributed by atoms with Crippen molar-refractivity contribution >= 4 is 11.9 Å². The van der Waals surface area contributed by atoms with E-state index < -0.39 is 5.41 Å². The molecule has 2 aromatic rings. The molecule has 6 nitrogen and oxygen atoms in total. The van der Waals surface area contributed by atoms with Gasteiger partial charge in [0.2, 0.25) is 0 Å². The van der Waals surface area contributed by atoms with Crippen LogP contribution in [0, 0.1) is 5.41 Å². The smallest absolute Gasteiger partial charge is 0.305 e. The first kappa shape index (κ1) is 52.1. The molecule has 336 valence electrons. The molecular weight excluding hydrogens is 733 g/mol. The normalized spacial score (nSPS) is 12.7. The van der Waals surface area contributed by atoms with Crippen LogP contribution in [0.15, 0.2) is 48.5 Å². The van der Waals surface area contributed by atoms with Gasteiger partial charge in [0, 0.05) is 18.3 Å². The summed E-state index contributed by atoms with van der Waals surface area (Å²) in [6, 6.07) is 15.7. The van der Waals surface area contributed by atoms with E-state index in [1.54, 1.807) is 0 Å². The Labute approximate surface area is 362 Å². The number of aromatic hydroxyl groups is 2. The number of carbonyl (C=O) groups is 2. The summed E-state index contributed by atoms with van der Waals surface area (Å²) in [7, 11) is 0. The van der Waals surface area contributed by atoms with E-state index in [0.717, 1.165) is 38.5 Å². The number of carbonyl (C=O) groups excluding carboxylic acids is 2. The zero-order valence-corrected chi connectivity index (χ0v) is 38.4. The van der Waals surface area contributed by atoms with E-state index in [-0.39, 0.29) is 25.2 Å². The van der Waals surface area contributed by atoms with Crippen molar-refractivity contribution in [3.05, 3.63) is 59.7 Å². The Morgan fingerprint density at radius 1 is 0.441 bits per heavy atom. The van der Waals surface area contributed by atoms with E-state index in [1.165, 1.54) is 152 Å². The van der Waals surface area contributed by atoms with Crippen molar-refractivity contribution in [3.63, 3.8) is 0 Å². The molecule has 0 fully saturated rings. The van der Waals surface area contributed by atoms with Crippen LogP contribution < -0.4 is 0 Å². The Hall–Kier alpha value is -3.02. The molecule has 2 atom stereocenters. The van der Waals surface area contributed by atoms with Crippen LogP contribution in [0.3, 0.4) is 0 Å². The second-order valence-corrected chi connectivity index (χ2v) is 18.5. The van der Waals surface area contributed by atoms with Crippen molar-refractivity contribution in [2.45, 2.75) is 232 Å². The summed E-state index contributed by atoms with van der Waals surface area (Å²) in [5.41, 5.74) is 2.27. The molecule has 6 heteroatoms. The lowest BCUT2D eigenvalue weighted by Gasteiger charge is -2.23. The Morgan fingerprint density at radius 2 is 0.712 bits per heavy atom. The number of phenols is 2. The number of hydrogen-bond donors (Lipinski definition) is 2. The predicted octanol–water partition coefficient (Wildman–Crippen LogP) is 15.8. The maximum absolute atomic E-state index is 12.5. The highest BCUT2D eigenvalue weighted by Crippen LogP contribution is 2.31. The fourth-order valence-corrected chi connectivity index (χ4v) is 8.26. The molecule has 59 heavy (non-hydrogen) atoms. The first-order valence-electron chi connectivity index (χ1n) is 24.5. The van der Waals surface area contributed by atoms with Crippen LogP contribution in [0.4, 0.5) is 0 Å². The van der Waals surface area contributed by atoms with Crippen molar-refractivity contribution in [1.82, 2.24) is 0 Å². The maximum Gasteiger partial charge on any atom is 0.305 e. The van der Waals surface area contributed by atoms with Gasteiger partial charge in [0.15, 0.2) is 0 Å². The van der Waals surface area contributed by atoms with Crippen LogP contribution in [-0.2, 0) is 19.1 Å². The lowest BCUT2D eigenvalue weighted by molar-refractivity contribution is -0.152. The average molecular weight is 821 g/mol. The number of ether oxygens (including phenoxy) is 2. The highest BCUT2D eigenvalue weighted by molar-refractivity contribution is 5.69. The van der Waals surface area contributed by atoms with Gasteiger partial charge >= 0.3 is 11.9 Å². The lowest BCUT2D eigenvalue weighted by atomic mass is 9.88. The van der Waals surface area contributed by atoms with Gasteiger partial charge in [-0.2, -0.15) is 0 Å². The van der Waals surface area contributed by atoms with Crippen LogP contribution in [0.5, 0.6) is 11.5 Å². The first-order valence-corrected chi connectivity index (χ1v) is 24.5. The third-order valence-electron chi connectivity index (χ3n) is 12.2. The van der Waals surface area contributed by atoms with Crippen LogP contribution in [0.2, 0.25) is 0 Å². The van der Waals surface area contributed by atoms with Gasteiger partial charge in [0.25, 0.3) is 0 Å². The fourth-order valence-electron chi connectivity index (χ4n) is 8.26. The molecule has 0 heterocycles. The molecule has 0 radical (unpaired) electrons. The predicted molar refractivity (Wildman–Crippen MR) is 247 cm³/mol. The molecule has 0 aliphatic rings. The molecule has 2 N–H and O–H groups in total. The molecule has 0 saturated carbocycles. The zero-order valence-electron chi connectivity index (χ0n) is 38.4. The van der Waals surface area contributed by atoms with Crippen molar-refractivity contribution in [3.8, 4) is 11.5 Å². The van der Waals surface area contributed by atoms with Gasteiger partial charge < -0.3 is 19.7 Å². The van der Waals surface area contributed by atoms with Gasteiger partial charge in [-0.3, -0.25) is 9.59 Å². The summed E-state index contributed by atoms with van der Waals surface area (Å²) >= 11 is 0. The van der Waals surface area contributed by atoms with E-state index in [1.807, 2.05) is 38.1 Å². The number of phenolic OH excluding ortho intramolecular Hbond substituents is 2. The topological polar surface area (TPSA) is 93.1 Å². The monoisotopic (exact) mass is 821 g/mol. The van der Waals surface area contributed by atoms with Crippen LogP contribution in [0.1, 0.15) is 243 Å². The van der Waals surface area contributed by atoms with E-state index in [0.29, 0.717) is 36.2 Å². The average Bonchev–Trinajstić information content (AvgIpc) is 3.23. The summed E-state index contributed by atoms with van der Waals surface area (Å²) in [4.78, 5) is 25.0. The number of benzene rings is 2. The molecule has 0 saturated heterocycles. The molecule has 0 aliphatic carbocycles. The molecular formula is C53H88O6. The van der Waals surface area contributed by atoms with Crippen molar-refractivity contribution in [2.75, 3.05) is 13.2 Å². The van der Waals surface area contributed by atoms with Crippen molar-refractivity contribution in [2.24, 2.45) is 5.41 Å². The standard InChI is InChI=1S/C53H88O6/c1-5-7-9-11-13-17-23-29-45(47-35-39-49(54)40-36-47)31-25-19-15-21-27-33-51(56)58-43-53(3,4)44-59-52(57)34-28-22-16-20-26-32-46(48-37-41-50(55)42-38-48)30-24-18-14-12-10-8-6-2/h35-42,45-46,54-55H,5-34,43-44H2,1-4H3. The number of hydrogen-bond acceptors (Lipinski definition) is 6. The third kappa shape index (κ3) is 27.4. The van der Waals surface area contributed by atoms with E-state index in [4.69, 9.17) is 9.47 Å². The van der Waals surface area contributed by atoms with Gasteiger partial charge in [-0.25, -0.2) is 0 Å². The quantitative estimate of drug-likeness (QED) is 0.0518. The molecule has 0 aromatic heterocycles. The summed E-state index contributed by atoms with van der Waals surface area (Å²) in [5, 5.41) is 19.5. The van der Waals surface area contributed by atoms with Crippen LogP contribution in [0.25, 0.3) is 0 Å². The fraction of sp³-hybridized carbons (Fsp3) is 0.736. The van der Waals surface area contributed by atoms with E-state index in [9.17, 15) is 19.8 Å². The molecule has 0 bridgehead atoms. The van der Waals surface area contributed by atoms with E-state index in [2.05, 4.69) is 38.1 Å². The van der Waals surface area contributed by atoms with Gasteiger partial charge in [0.05, 0.1) is 13.2 Å². The third-order valence-corrected chi connectivity index (χ3v) is 12.2. The van der Waals surface area contributed by atoms with Crippen LogP contribution >= 0.6 is 0 Å². The largest absolute Gasteiger partial charge is 0.508 e. The summed E-state index contributed by atoms with van der Waals surface area (Å²) < 4.78 is 11.2. The second-order valence-electron chi connectivity index (χ2n) is 18.5. The van der Waals surface area contributed by atoms with Crippen molar-refractivity contribution in [1.29, 1.82) is 0 Å². The highest BCUT2D eigenvalue weighted by Gasteiger charge is 2.23. The molecule has 0 spiro atoms. The Morgan fingerprint density at radius 3 is 1.02 bits per heavy atom. The SMILES string of the molecule is CCCCCCCCCC(CCCCCCCC(=O)OCC(C)(C)COC(=O)CCCCCCCC(CCCCCCCCC)c1ccc(O)cc1)c1ccc(O)cc1. The highest BCUT2D eigenvalue weighted by atomic mass is 16.5. The van der Waals surface area contributed by atoms with Gasteiger partial charge in [0.1, 0.15) is 11.5 Å². The van der Waals surface area contributed by atoms with Crippen LogP contribution in [-0.4, -0.2) is 35.4 Å². The minimum atomic E-state index is -0.419. The lowest BCUT2D eigenvalue weighted by Crippen LogP contribution is -2.28. The van der Waals surface area contributed by atoms with Gasteiger partial charge in [-0.05, 0) is 85.8 Å². The first-order chi connectivity index (χ1) is 28.6. The van der Waals surface area contributed by atoms with Gasteiger partial charge in [-0.1, -0.05) is 193 Å². The molecule has 0 aliphatic heterocycles. The Kier molecular flexibility index (Phi) is 29.7. The molecule has 0 amide bonds. The minimum Gasteiger partial charge on any atom is -0.508 e. The molecule has 2 rings (SSSR count). The summed E-state index contributed by atoms with van der Waals surface area (Å²) in [6.07, 6.45) is 34.8. The number of rotatable bonds is 38. The van der Waals surface area contributed by atoms with Gasteiger partial charge in [-0.15, -0.1) is 0 Å². The summed E-state index contributed by atoms with van der Waals surface area (Å²) in [6.45, 7) is 8.99. The summed E-state index contributed by atoms with van der Waals surface area (Å²) in [5.74, 6) is 1.42. The zero-order chi connectivity index (χ0) is 42.8. The second kappa shape index (κ2) is 33.7. The molecule has 2 unspecified atom stereocenters. The Balaban J connectivity index is 1.52.